The summed E-state index contributed by atoms with van der Waals surface area (Å²) >= 11 is 1.28. The fraction of sp³-hybridized carbons (Fsp3) is 0.375. The third-order valence-corrected chi connectivity index (χ3v) is 7.25. The van der Waals surface area contributed by atoms with Crippen molar-refractivity contribution in [3.63, 3.8) is 0 Å². The molecule has 2 heterocycles. The molecule has 4 nitrogen and oxygen atoms in total. The Bertz CT molecular complexity index is 741. The largest absolute Gasteiger partial charge is 0.366 e. The number of rotatable bonds is 3. The van der Waals surface area contributed by atoms with Crippen LogP contribution >= 0.6 is 11.3 Å². The van der Waals surface area contributed by atoms with E-state index in [4.69, 9.17) is 0 Å². The van der Waals surface area contributed by atoms with Crippen molar-refractivity contribution in [2.45, 2.75) is 24.1 Å². The number of nitrogens with zero attached hydrogens (tertiary/aromatic N) is 2. The zero-order valence-corrected chi connectivity index (χ0v) is 14.4. The lowest BCUT2D eigenvalue weighted by Crippen LogP contribution is -2.53. The van der Waals surface area contributed by atoms with E-state index < -0.39 is 10.0 Å². The fourth-order valence-electron chi connectivity index (χ4n) is 2.87. The average molecular weight is 336 g/mol. The molecule has 1 aromatic carbocycles. The first-order chi connectivity index (χ1) is 10.5. The van der Waals surface area contributed by atoms with Crippen LogP contribution in [0.5, 0.6) is 0 Å². The summed E-state index contributed by atoms with van der Waals surface area (Å²) in [6.45, 7) is 5.92. The van der Waals surface area contributed by atoms with Crippen molar-refractivity contribution >= 4 is 27.0 Å². The minimum Gasteiger partial charge on any atom is -0.366 e. The molecule has 2 aromatic rings. The molecule has 0 saturated carbocycles. The monoisotopic (exact) mass is 336 g/mol. The Labute approximate surface area is 136 Å². The zero-order chi connectivity index (χ0) is 15.7. The fourth-order valence-corrected chi connectivity index (χ4v) is 5.53. The maximum Gasteiger partial charge on any atom is 0.252 e. The molecule has 1 saturated heterocycles. The molecule has 1 aromatic heterocycles. The lowest BCUT2D eigenvalue weighted by molar-refractivity contribution is 0.343. The van der Waals surface area contributed by atoms with E-state index in [1.54, 1.807) is 21.8 Å². The van der Waals surface area contributed by atoms with Crippen LogP contribution in [0.1, 0.15) is 12.5 Å². The van der Waals surface area contributed by atoms with Gasteiger partial charge in [0.05, 0.1) is 0 Å². The molecule has 118 valence electrons. The number of aryl methyl sites for hydroxylation is 1. The van der Waals surface area contributed by atoms with Crippen molar-refractivity contribution < 1.29 is 8.42 Å². The third-order valence-electron chi connectivity index (χ3n) is 4.01. The Morgan fingerprint density at radius 3 is 2.64 bits per heavy atom. The van der Waals surface area contributed by atoms with Gasteiger partial charge in [-0.05, 0) is 43.0 Å². The number of benzene rings is 1. The molecular formula is C16H20N2O2S2. The molecule has 0 spiro atoms. The van der Waals surface area contributed by atoms with Gasteiger partial charge < -0.3 is 4.90 Å². The van der Waals surface area contributed by atoms with Gasteiger partial charge in [0, 0.05) is 31.4 Å². The molecule has 0 radical (unpaired) electrons. The van der Waals surface area contributed by atoms with Crippen molar-refractivity contribution in [3.05, 3.63) is 47.3 Å². The van der Waals surface area contributed by atoms with Gasteiger partial charge in [0.1, 0.15) is 4.21 Å². The van der Waals surface area contributed by atoms with E-state index >= 15 is 0 Å². The molecule has 0 N–H and O–H groups in total. The molecule has 1 aliphatic rings. The number of thiophene rings is 1. The number of hydrogen-bond acceptors (Lipinski definition) is 4. The zero-order valence-electron chi connectivity index (χ0n) is 12.8. The van der Waals surface area contributed by atoms with E-state index in [2.05, 4.69) is 36.9 Å². The highest BCUT2D eigenvalue weighted by molar-refractivity contribution is 7.91. The lowest BCUT2D eigenvalue weighted by atomic mass is 10.1. The normalized spacial score (nSPS) is 20.3. The van der Waals surface area contributed by atoms with Crippen molar-refractivity contribution in [1.29, 1.82) is 0 Å². The second-order valence-corrected chi connectivity index (χ2v) is 8.79. The molecule has 0 amide bonds. The minimum atomic E-state index is -3.34. The van der Waals surface area contributed by atoms with Crippen LogP contribution in [0.4, 0.5) is 5.69 Å². The maximum atomic E-state index is 12.6. The smallest absolute Gasteiger partial charge is 0.252 e. The van der Waals surface area contributed by atoms with Gasteiger partial charge in [-0.25, -0.2) is 8.42 Å². The average Bonchev–Trinajstić information content (AvgIpc) is 3.02. The molecule has 1 atom stereocenters. The van der Waals surface area contributed by atoms with Gasteiger partial charge >= 0.3 is 0 Å². The lowest BCUT2D eigenvalue weighted by Gasteiger charge is -2.40. The van der Waals surface area contributed by atoms with Gasteiger partial charge in [0.25, 0.3) is 10.0 Å². The number of anilines is 1. The predicted molar refractivity (Wildman–Crippen MR) is 91.1 cm³/mol. The molecule has 1 aliphatic heterocycles. The van der Waals surface area contributed by atoms with E-state index in [-0.39, 0.29) is 6.04 Å². The quantitative estimate of drug-likeness (QED) is 0.865. The van der Waals surface area contributed by atoms with Crippen molar-refractivity contribution in [2.24, 2.45) is 0 Å². The van der Waals surface area contributed by atoms with Crippen LogP contribution in [0.2, 0.25) is 0 Å². The minimum absolute atomic E-state index is 0.158. The highest BCUT2D eigenvalue weighted by Crippen LogP contribution is 2.26. The molecular weight excluding hydrogens is 316 g/mol. The Hall–Kier alpha value is -1.37. The van der Waals surface area contributed by atoms with Gasteiger partial charge in [-0.15, -0.1) is 11.3 Å². The Morgan fingerprint density at radius 2 is 2.00 bits per heavy atom. The maximum absolute atomic E-state index is 12.6. The van der Waals surface area contributed by atoms with Gasteiger partial charge in [-0.3, -0.25) is 0 Å². The number of piperazine rings is 1. The van der Waals surface area contributed by atoms with Crippen LogP contribution in [0, 0.1) is 6.92 Å². The summed E-state index contributed by atoms with van der Waals surface area (Å²) in [6.07, 6.45) is 0. The van der Waals surface area contributed by atoms with Crippen LogP contribution in [-0.2, 0) is 10.0 Å². The second kappa shape index (κ2) is 6.02. The standard InChI is InChI=1S/C16H20N2O2S2/c1-13-5-3-6-15(11-13)18-9-8-17(12-14(18)2)22(19,20)16-7-4-10-21-16/h3-7,10-11,14H,8-9,12H2,1-2H3. The van der Waals surface area contributed by atoms with Crippen molar-refractivity contribution in [1.82, 2.24) is 4.31 Å². The summed E-state index contributed by atoms with van der Waals surface area (Å²) in [7, 11) is -3.34. The number of hydrogen-bond donors (Lipinski definition) is 0. The van der Waals surface area contributed by atoms with Gasteiger partial charge in [0.2, 0.25) is 0 Å². The summed E-state index contributed by atoms with van der Waals surface area (Å²) < 4.78 is 27.3. The Kier molecular flexibility index (Phi) is 4.25. The first-order valence-corrected chi connectivity index (χ1v) is 9.67. The van der Waals surface area contributed by atoms with Gasteiger partial charge in [-0.1, -0.05) is 18.2 Å². The van der Waals surface area contributed by atoms with Crippen LogP contribution < -0.4 is 4.90 Å². The molecule has 0 aliphatic carbocycles. The van der Waals surface area contributed by atoms with Crippen LogP contribution in [0.15, 0.2) is 46.0 Å². The summed E-state index contributed by atoms with van der Waals surface area (Å²) in [5.74, 6) is 0. The summed E-state index contributed by atoms with van der Waals surface area (Å²) in [6, 6.07) is 12.0. The van der Waals surface area contributed by atoms with E-state index in [1.165, 1.54) is 22.6 Å². The summed E-state index contributed by atoms with van der Waals surface area (Å²) in [5.41, 5.74) is 2.39. The molecule has 3 rings (SSSR count). The molecule has 6 heteroatoms. The summed E-state index contributed by atoms with van der Waals surface area (Å²) in [5, 5.41) is 1.80. The van der Waals surface area contributed by atoms with E-state index in [0.29, 0.717) is 17.3 Å². The van der Waals surface area contributed by atoms with E-state index in [1.807, 2.05) is 6.07 Å². The van der Waals surface area contributed by atoms with Crippen LogP contribution in [0.3, 0.4) is 0 Å². The molecule has 1 fully saturated rings. The van der Waals surface area contributed by atoms with E-state index in [0.717, 1.165) is 6.54 Å². The van der Waals surface area contributed by atoms with Crippen LogP contribution in [0.25, 0.3) is 0 Å². The van der Waals surface area contributed by atoms with Crippen LogP contribution in [-0.4, -0.2) is 38.4 Å². The first-order valence-electron chi connectivity index (χ1n) is 7.35. The van der Waals surface area contributed by atoms with Gasteiger partial charge in [0.15, 0.2) is 0 Å². The van der Waals surface area contributed by atoms with Crippen molar-refractivity contribution in [3.8, 4) is 0 Å². The highest BCUT2D eigenvalue weighted by Gasteiger charge is 2.32. The third kappa shape index (κ3) is 2.91. The topological polar surface area (TPSA) is 40.6 Å². The molecule has 22 heavy (non-hydrogen) atoms. The molecule has 1 unspecified atom stereocenters. The van der Waals surface area contributed by atoms with Gasteiger partial charge in [-0.2, -0.15) is 4.31 Å². The Balaban J connectivity index is 1.78. The molecule has 0 bridgehead atoms. The number of sulfonamides is 1. The predicted octanol–water partition coefficient (Wildman–Crippen LogP) is 2.96. The SMILES string of the molecule is Cc1cccc(N2CCN(S(=O)(=O)c3cccs3)CC2C)c1. The Morgan fingerprint density at radius 1 is 1.18 bits per heavy atom. The first kappa shape index (κ1) is 15.5. The highest BCUT2D eigenvalue weighted by atomic mass is 32.2. The van der Waals surface area contributed by atoms with E-state index in [9.17, 15) is 8.42 Å². The second-order valence-electron chi connectivity index (χ2n) is 5.68. The van der Waals surface area contributed by atoms with Crippen molar-refractivity contribution in [2.75, 3.05) is 24.5 Å². The summed E-state index contributed by atoms with van der Waals surface area (Å²) in [4.78, 5) is 2.29.